The van der Waals surface area contributed by atoms with Crippen molar-refractivity contribution in [2.24, 2.45) is 0 Å². The molecule has 3 rings (SSSR count). The summed E-state index contributed by atoms with van der Waals surface area (Å²) < 4.78 is 15.8. The summed E-state index contributed by atoms with van der Waals surface area (Å²) in [4.78, 5) is 19.1. The molecule has 0 radical (unpaired) electrons. The van der Waals surface area contributed by atoms with E-state index in [1.807, 2.05) is 66.4 Å². The van der Waals surface area contributed by atoms with Crippen molar-refractivity contribution in [3.63, 3.8) is 0 Å². The Morgan fingerprint density at radius 3 is 2.24 bits per heavy atom. The van der Waals surface area contributed by atoms with Gasteiger partial charge in [-0.1, -0.05) is 30.3 Å². The number of para-hydroxylation sites is 1. The molecule has 0 amide bonds. The van der Waals surface area contributed by atoms with Gasteiger partial charge in [-0.2, -0.15) is 0 Å². The molecule has 6 heteroatoms. The third-order valence-electron chi connectivity index (χ3n) is 4.53. The number of ether oxygens (including phenoxy) is 3. The number of methoxy groups -OCH3 is 3. The molecule has 29 heavy (non-hydrogen) atoms. The minimum absolute atomic E-state index is 0.364. The van der Waals surface area contributed by atoms with Crippen LogP contribution < -0.4 is 14.4 Å². The number of carbonyl (C=O) groups excluding carboxylic acids is 1. The van der Waals surface area contributed by atoms with Crippen LogP contribution in [0.3, 0.4) is 0 Å². The van der Waals surface area contributed by atoms with E-state index in [1.54, 1.807) is 20.3 Å². The van der Waals surface area contributed by atoms with E-state index < -0.39 is 5.97 Å². The van der Waals surface area contributed by atoms with Gasteiger partial charge >= 0.3 is 5.97 Å². The lowest BCUT2D eigenvalue weighted by molar-refractivity contribution is 0.0601. The number of nitrogens with zero attached hydrogens (tertiary/aromatic N) is 2. The molecule has 2 aromatic carbocycles. The van der Waals surface area contributed by atoms with Gasteiger partial charge in [0.2, 0.25) is 5.88 Å². The van der Waals surface area contributed by atoms with Gasteiger partial charge in [0.1, 0.15) is 11.4 Å². The molecule has 1 aromatic heterocycles. The third kappa shape index (κ3) is 4.48. The molecule has 6 nitrogen and oxygen atoms in total. The Hall–Kier alpha value is -3.54. The number of aromatic nitrogens is 1. The Balaban J connectivity index is 2.17. The summed E-state index contributed by atoms with van der Waals surface area (Å²) in [5, 5.41) is 0. The second-order valence-electron chi connectivity index (χ2n) is 6.43. The van der Waals surface area contributed by atoms with Gasteiger partial charge in [0.15, 0.2) is 0 Å². The smallest absolute Gasteiger partial charge is 0.340 e. The number of esters is 1. The molecule has 1 heterocycles. The molecule has 0 N–H and O–H groups in total. The minimum atomic E-state index is -0.445. The van der Waals surface area contributed by atoms with Crippen molar-refractivity contribution >= 4 is 17.3 Å². The van der Waals surface area contributed by atoms with E-state index in [0.717, 1.165) is 17.0 Å². The monoisotopic (exact) mass is 392 g/mol. The summed E-state index contributed by atoms with van der Waals surface area (Å²) in [7, 11) is 4.55. The van der Waals surface area contributed by atoms with Gasteiger partial charge in [-0.15, -0.1) is 0 Å². The van der Waals surface area contributed by atoms with Crippen LogP contribution >= 0.6 is 0 Å². The number of anilines is 2. The molecular formula is C23H24N2O4. The topological polar surface area (TPSA) is 60.9 Å². The van der Waals surface area contributed by atoms with E-state index in [9.17, 15) is 4.79 Å². The second-order valence-corrected chi connectivity index (χ2v) is 6.43. The molecular weight excluding hydrogens is 368 g/mol. The summed E-state index contributed by atoms with van der Waals surface area (Å²) in [5.74, 6) is 0.701. The number of aryl methyl sites for hydroxylation is 1. The summed E-state index contributed by atoms with van der Waals surface area (Å²) in [6, 6.07) is 19.3. The zero-order valence-electron chi connectivity index (χ0n) is 17.0. The molecule has 0 spiro atoms. The number of hydrogen-bond acceptors (Lipinski definition) is 6. The molecule has 0 fully saturated rings. The molecule has 150 valence electrons. The molecule has 0 aliphatic carbocycles. The fraction of sp³-hybridized carbons (Fsp3) is 0.217. The number of benzene rings is 2. The Morgan fingerprint density at radius 2 is 1.66 bits per heavy atom. The highest BCUT2D eigenvalue weighted by Crippen LogP contribution is 2.38. The lowest BCUT2D eigenvalue weighted by atomic mass is 10.1. The largest absolute Gasteiger partial charge is 0.497 e. The van der Waals surface area contributed by atoms with Crippen LogP contribution in [0.4, 0.5) is 11.4 Å². The standard InChI is InChI=1S/C23H24N2O4/c1-16-14-20(23(26)29-4)21(22(24-16)28-3)25(18-8-6-5-7-9-18)15-17-10-12-19(27-2)13-11-17/h5-14H,15H2,1-4H3. The van der Waals surface area contributed by atoms with Crippen LogP contribution in [0.5, 0.6) is 11.6 Å². The Bertz CT molecular complexity index is 972. The second kappa shape index (κ2) is 9.10. The van der Waals surface area contributed by atoms with Gasteiger partial charge < -0.3 is 19.1 Å². The Morgan fingerprint density at radius 1 is 0.966 bits per heavy atom. The van der Waals surface area contributed by atoms with Crippen molar-refractivity contribution in [1.82, 2.24) is 4.98 Å². The van der Waals surface area contributed by atoms with Crippen LogP contribution in [0, 0.1) is 6.92 Å². The summed E-state index contributed by atoms with van der Waals surface area (Å²) >= 11 is 0. The molecule has 0 bridgehead atoms. The zero-order valence-corrected chi connectivity index (χ0v) is 17.0. The molecule has 0 atom stereocenters. The fourth-order valence-corrected chi connectivity index (χ4v) is 3.13. The number of carbonyl (C=O) groups is 1. The average molecular weight is 392 g/mol. The predicted octanol–water partition coefficient (Wildman–Crippen LogP) is 4.53. The van der Waals surface area contributed by atoms with E-state index in [4.69, 9.17) is 14.2 Å². The van der Waals surface area contributed by atoms with E-state index >= 15 is 0 Å². The maximum atomic E-state index is 12.6. The summed E-state index contributed by atoms with van der Waals surface area (Å²) in [6.45, 7) is 2.31. The first-order valence-corrected chi connectivity index (χ1v) is 9.16. The van der Waals surface area contributed by atoms with Crippen LogP contribution in [-0.2, 0) is 11.3 Å². The van der Waals surface area contributed by atoms with Gasteiger partial charge in [0, 0.05) is 17.9 Å². The van der Waals surface area contributed by atoms with E-state index in [1.165, 1.54) is 7.11 Å². The van der Waals surface area contributed by atoms with Crippen LogP contribution in [0.1, 0.15) is 21.6 Å². The number of rotatable bonds is 7. The first-order valence-electron chi connectivity index (χ1n) is 9.16. The van der Waals surface area contributed by atoms with Crippen LogP contribution in [0.25, 0.3) is 0 Å². The van der Waals surface area contributed by atoms with Crippen molar-refractivity contribution in [1.29, 1.82) is 0 Å². The Labute approximate surface area is 170 Å². The van der Waals surface area contributed by atoms with Crippen molar-refractivity contribution in [2.45, 2.75) is 13.5 Å². The predicted molar refractivity (Wildman–Crippen MR) is 112 cm³/mol. The van der Waals surface area contributed by atoms with Crippen LogP contribution in [-0.4, -0.2) is 32.3 Å². The highest BCUT2D eigenvalue weighted by molar-refractivity contribution is 5.98. The zero-order chi connectivity index (χ0) is 20.8. The first-order chi connectivity index (χ1) is 14.1. The molecule has 0 unspecified atom stereocenters. The summed E-state index contributed by atoms with van der Waals surface area (Å²) in [5.41, 5.74) is 3.56. The SMILES string of the molecule is COC(=O)c1cc(C)nc(OC)c1N(Cc1ccc(OC)cc1)c1ccccc1. The Kier molecular flexibility index (Phi) is 6.34. The molecule has 0 aliphatic heterocycles. The maximum absolute atomic E-state index is 12.6. The lowest BCUT2D eigenvalue weighted by Crippen LogP contribution is -2.21. The van der Waals surface area contributed by atoms with E-state index in [-0.39, 0.29) is 0 Å². The van der Waals surface area contributed by atoms with E-state index in [2.05, 4.69) is 4.98 Å². The van der Waals surface area contributed by atoms with Crippen molar-refractivity contribution in [3.05, 3.63) is 77.5 Å². The van der Waals surface area contributed by atoms with Crippen LogP contribution in [0.2, 0.25) is 0 Å². The lowest BCUT2D eigenvalue weighted by Gasteiger charge is -2.28. The van der Waals surface area contributed by atoms with Gasteiger partial charge in [0.25, 0.3) is 0 Å². The minimum Gasteiger partial charge on any atom is -0.497 e. The average Bonchev–Trinajstić information content (AvgIpc) is 2.77. The quantitative estimate of drug-likeness (QED) is 0.551. The van der Waals surface area contributed by atoms with Crippen molar-refractivity contribution < 1.29 is 19.0 Å². The normalized spacial score (nSPS) is 10.3. The van der Waals surface area contributed by atoms with Crippen LogP contribution in [0.15, 0.2) is 60.7 Å². The summed E-state index contributed by atoms with van der Waals surface area (Å²) in [6.07, 6.45) is 0. The van der Waals surface area contributed by atoms with Gasteiger partial charge in [-0.05, 0) is 42.8 Å². The number of pyridine rings is 1. The molecule has 0 saturated carbocycles. The third-order valence-corrected chi connectivity index (χ3v) is 4.53. The van der Waals surface area contributed by atoms with E-state index in [0.29, 0.717) is 29.4 Å². The maximum Gasteiger partial charge on any atom is 0.340 e. The van der Waals surface area contributed by atoms with Gasteiger partial charge in [-0.25, -0.2) is 9.78 Å². The van der Waals surface area contributed by atoms with Gasteiger partial charge in [0.05, 0.1) is 26.9 Å². The first kappa shape index (κ1) is 20.2. The molecule has 3 aromatic rings. The molecule has 0 saturated heterocycles. The van der Waals surface area contributed by atoms with Crippen molar-refractivity contribution in [2.75, 3.05) is 26.2 Å². The van der Waals surface area contributed by atoms with Gasteiger partial charge in [-0.3, -0.25) is 0 Å². The van der Waals surface area contributed by atoms with Crippen molar-refractivity contribution in [3.8, 4) is 11.6 Å². The fourth-order valence-electron chi connectivity index (χ4n) is 3.13. The highest BCUT2D eigenvalue weighted by atomic mass is 16.5. The number of hydrogen-bond donors (Lipinski definition) is 0. The molecule has 0 aliphatic rings. The highest BCUT2D eigenvalue weighted by Gasteiger charge is 2.25.